The van der Waals surface area contributed by atoms with Crippen LogP contribution in [-0.4, -0.2) is 23.2 Å². The lowest BCUT2D eigenvalue weighted by Crippen LogP contribution is -2.22. The van der Waals surface area contributed by atoms with Crippen LogP contribution in [0.25, 0.3) is 0 Å². The highest BCUT2D eigenvalue weighted by molar-refractivity contribution is 5.24. The molecule has 0 aliphatic heterocycles. The Kier molecular flexibility index (Phi) is 3.99. The Morgan fingerprint density at radius 1 is 1.60 bits per heavy atom. The van der Waals surface area contributed by atoms with E-state index in [1.807, 2.05) is 0 Å². The average Bonchev–Trinajstić information content (AvgIpc) is 2.20. The summed E-state index contributed by atoms with van der Waals surface area (Å²) in [6.07, 6.45) is 2.18. The first-order chi connectivity index (χ1) is 7.16. The molecule has 0 spiro atoms. The highest BCUT2D eigenvalue weighted by atomic mass is 16.6. The maximum Gasteiger partial charge on any atom is 0.334 e. The minimum Gasteiger partial charge on any atom is -0.385 e. The zero-order valence-corrected chi connectivity index (χ0v) is 8.38. The van der Waals surface area contributed by atoms with Gasteiger partial charge in [0.15, 0.2) is 0 Å². The molecule has 0 aliphatic carbocycles. The first-order valence-electron chi connectivity index (χ1n) is 4.49. The van der Waals surface area contributed by atoms with E-state index < -0.39 is 16.2 Å². The van der Waals surface area contributed by atoms with E-state index in [0.29, 0.717) is 19.6 Å². The Labute approximate surface area is 86.2 Å². The Morgan fingerprint density at radius 2 is 2.33 bits per heavy atom. The third-order valence-electron chi connectivity index (χ3n) is 1.94. The van der Waals surface area contributed by atoms with Crippen molar-refractivity contribution >= 4 is 5.69 Å². The van der Waals surface area contributed by atoms with E-state index in [9.17, 15) is 14.9 Å². The molecule has 0 saturated carbocycles. The molecule has 0 N–H and O–H groups in total. The number of aryl methyl sites for hydroxylation is 1. The van der Waals surface area contributed by atoms with Gasteiger partial charge >= 0.3 is 11.2 Å². The van der Waals surface area contributed by atoms with Crippen molar-refractivity contribution in [3.63, 3.8) is 0 Å². The summed E-state index contributed by atoms with van der Waals surface area (Å²) < 4.78 is 6.15. The van der Waals surface area contributed by atoms with Crippen molar-refractivity contribution < 1.29 is 9.66 Å². The molecule has 1 aromatic rings. The highest BCUT2D eigenvalue weighted by Crippen LogP contribution is 2.02. The van der Waals surface area contributed by atoms with Crippen LogP contribution in [0.5, 0.6) is 0 Å². The summed E-state index contributed by atoms with van der Waals surface area (Å²) in [4.78, 5) is 21.3. The van der Waals surface area contributed by atoms with Crippen molar-refractivity contribution in [3.05, 3.63) is 38.8 Å². The molecule has 1 heterocycles. The number of pyridine rings is 1. The van der Waals surface area contributed by atoms with E-state index in [1.165, 1.54) is 22.9 Å². The molecule has 0 aliphatic rings. The molecule has 0 atom stereocenters. The van der Waals surface area contributed by atoms with Gasteiger partial charge in [-0.2, -0.15) is 0 Å². The quantitative estimate of drug-likeness (QED) is 0.411. The van der Waals surface area contributed by atoms with Gasteiger partial charge in [-0.1, -0.05) is 0 Å². The predicted octanol–water partition coefficient (Wildman–Crippen LogP) is 0.793. The molecular weight excluding hydrogens is 200 g/mol. The van der Waals surface area contributed by atoms with Crippen LogP contribution >= 0.6 is 0 Å². The van der Waals surface area contributed by atoms with Crippen molar-refractivity contribution in [2.75, 3.05) is 13.7 Å². The number of nitrogens with zero attached hydrogens (tertiary/aromatic N) is 2. The van der Waals surface area contributed by atoms with Crippen LogP contribution in [0, 0.1) is 10.1 Å². The molecule has 15 heavy (non-hydrogen) atoms. The van der Waals surface area contributed by atoms with Crippen LogP contribution in [0.3, 0.4) is 0 Å². The number of nitro groups is 1. The second kappa shape index (κ2) is 5.26. The number of rotatable bonds is 5. The lowest BCUT2D eigenvalue weighted by molar-refractivity contribution is -0.386. The highest BCUT2D eigenvalue weighted by Gasteiger charge is 2.12. The van der Waals surface area contributed by atoms with Crippen LogP contribution in [0.1, 0.15) is 6.42 Å². The Hall–Kier alpha value is -1.69. The maximum atomic E-state index is 11.5. The molecule has 6 heteroatoms. The number of methoxy groups -OCH3 is 1. The minimum absolute atomic E-state index is 0.394. The Morgan fingerprint density at radius 3 is 2.93 bits per heavy atom. The summed E-state index contributed by atoms with van der Waals surface area (Å²) in [6.45, 7) is 0.948. The normalized spacial score (nSPS) is 10.2. The van der Waals surface area contributed by atoms with E-state index in [4.69, 9.17) is 4.74 Å². The summed E-state index contributed by atoms with van der Waals surface area (Å²) >= 11 is 0. The van der Waals surface area contributed by atoms with E-state index in [2.05, 4.69) is 0 Å². The van der Waals surface area contributed by atoms with E-state index in [0.717, 1.165) is 0 Å². The zero-order chi connectivity index (χ0) is 11.3. The van der Waals surface area contributed by atoms with E-state index >= 15 is 0 Å². The SMILES string of the molecule is COCCCn1cccc([N+](=O)[O-])c1=O. The van der Waals surface area contributed by atoms with Gasteiger partial charge in [-0.05, 0) is 12.5 Å². The molecule has 0 fully saturated rings. The molecule has 0 unspecified atom stereocenters. The van der Waals surface area contributed by atoms with Crippen molar-refractivity contribution in [1.29, 1.82) is 0 Å². The molecule has 0 amide bonds. The van der Waals surface area contributed by atoms with Gasteiger partial charge < -0.3 is 9.30 Å². The molecule has 0 radical (unpaired) electrons. The van der Waals surface area contributed by atoms with Gasteiger partial charge in [0.05, 0.1) is 4.92 Å². The molecule has 82 valence electrons. The molecule has 1 aromatic heterocycles. The lowest BCUT2D eigenvalue weighted by Gasteiger charge is -2.03. The molecule has 0 saturated heterocycles. The minimum atomic E-state index is -0.671. The standard InChI is InChI=1S/C9H12N2O4/c1-15-7-3-6-10-5-2-4-8(9(10)12)11(13)14/h2,4-5H,3,6-7H2,1H3. The molecule has 0 aromatic carbocycles. The van der Waals surface area contributed by atoms with Crippen LogP contribution in [0.4, 0.5) is 5.69 Å². The van der Waals surface area contributed by atoms with Crippen molar-refractivity contribution in [2.45, 2.75) is 13.0 Å². The average molecular weight is 212 g/mol. The summed E-state index contributed by atoms with van der Waals surface area (Å²) in [5, 5.41) is 10.5. The number of hydrogen-bond donors (Lipinski definition) is 0. The van der Waals surface area contributed by atoms with Crippen LogP contribution < -0.4 is 5.56 Å². The van der Waals surface area contributed by atoms with Gasteiger partial charge in [0, 0.05) is 32.5 Å². The first-order valence-corrected chi connectivity index (χ1v) is 4.49. The fourth-order valence-corrected chi connectivity index (χ4v) is 1.22. The lowest BCUT2D eigenvalue weighted by atomic mass is 10.4. The molecule has 0 bridgehead atoms. The molecule has 1 rings (SSSR count). The van der Waals surface area contributed by atoms with Gasteiger partial charge in [0.1, 0.15) is 0 Å². The third-order valence-corrected chi connectivity index (χ3v) is 1.94. The second-order valence-corrected chi connectivity index (χ2v) is 3.00. The van der Waals surface area contributed by atoms with Gasteiger partial charge in [0.25, 0.3) is 0 Å². The van der Waals surface area contributed by atoms with E-state index in [1.54, 1.807) is 7.11 Å². The zero-order valence-electron chi connectivity index (χ0n) is 8.38. The van der Waals surface area contributed by atoms with Gasteiger partial charge in [-0.3, -0.25) is 14.9 Å². The fourth-order valence-electron chi connectivity index (χ4n) is 1.22. The third kappa shape index (κ3) is 2.88. The number of ether oxygens (including phenoxy) is 1. The second-order valence-electron chi connectivity index (χ2n) is 3.00. The predicted molar refractivity (Wildman–Crippen MR) is 53.8 cm³/mol. The summed E-state index contributed by atoms with van der Waals surface area (Å²) in [6, 6.07) is 2.70. The van der Waals surface area contributed by atoms with Crippen molar-refractivity contribution in [1.82, 2.24) is 4.57 Å². The summed E-state index contributed by atoms with van der Waals surface area (Å²) in [5.41, 5.74) is -0.964. The summed E-state index contributed by atoms with van der Waals surface area (Å²) in [5.74, 6) is 0. The first kappa shape index (κ1) is 11.4. The van der Waals surface area contributed by atoms with Crippen LogP contribution in [0.15, 0.2) is 23.1 Å². The topological polar surface area (TPSA) is 74.4 Å². The number of hydrogen-bond acceptors (Lipinski definition) is 4. The van der Waals surface area contributed by atoms with Gasteiger partial charge in [-0.15, -0.1) is 0 Å². The van der Waals surface area contributed by atoms with E-state index in [-0.39, 0.29) is 0 Å². The maximum absolute atomic E-state index is 11.5. The van der Waals surface area contributed by atoms with Gasteiger partial charge in [-0.25, -0.2) is 0 Å². The van der Waals surface area contributed by atoms with Gasteiger partial charge in [0.2, 0.25) is 0 Å². The Bertz CT molecular complexity index is 399. The monoisotopic (exact) mass is 212 g/mol. The van der Waals surface area contributed by atoms with Crippen molar-refractivity contribution in [3.8, 4) is 0 Å². The van der Waals surface area contributed by atoms with Crippen LogP contribution in [-0.2, 0) is 11.3 Å². The fraction of sp³-hybridized carbons (Fsp3) is 0.444. The van der Waals surface area contributed by atoms with Crippen molar-refractivity contribution in [2.24, 2.45) is 0 Å². The summed E-state index contributed by atoms with van der Waals surface area (Å²) in [7, 11) is 1.57. The smallest absolute Gasteiger partial charge is 0.334 e. The number of aromatic nitrogens is 1. The molecular formula is C9H12N2O4. The largest absolute Gasteiger partial charge is 0.385 e. The molecule has 6 nitrogen and oxygen atoms in total. The Balaban J connectivity index is 2.85. The van der Waals surface area contributed by atoms with Crippen LogP contribution in [0.2, 0.25) is 0 Å².